The van der Waals surface area contributed by atoms with Crippen LogP contribution < -0.4 is 10.1 Å². The predicted octanol–water partition coefficient (Wildman–Crippen LogP) is 3.78. The van der Waals surface area contributed by atoms with E-state index in [-0.39, 0.29) is 17.3 Å². The number of nitrogens with one attached hydrogen (secondary N) is 1. The Labute approximate surface area is 154 Å². The fraction of sp³-hybridized carbons (Fsp3) is 0.619. The number of methoxy groups -OCH3 is 1. The van der Waals surface area contributed by atoms with Gasteiger partial charge in [0.05, 0.1) is 18.2 Å². The Morgan fingerprint density at radius 3 is 2.23 bits per heavy atom. The number of hydrogen-bond donors (Lipinski definition) is 1. The molecule has 4 aliphatic carbocycles. The summed E-state index contributed by atoms with van der Waals surface area (Å²) < 4.78 is 10.9. The maximum Gasteiger partial charge on any atom is 0.312 e. The monoisotopic (exact) mass is 357 g/mol. The molecule has 5 heteroatoms. The zero-order valence-electron chi connectivity index (χ0n) is 15.5. The normalized spacial score (nSPS) is 32.8. The van der Waals surface area contributed by atoms with Gasteiger partial charge in [-0.2, -0.15) is 0 Å². The van der Waals surface area contributed by atoms with Crippen molar-refractivity contribution < 1.29 is 19.1 Å². The molecule has 1 N–H and O–H groups in total. The Morgan fingerprint density at radius 2 is 1.65 bits per heavy atom. The summed E-state index contributed by atoms with van der Waals surface area (Å²) in [4.78, 5) is 25.5. The van der Waals surface area contributed by atoms with Crippen LogP contribution in [0.25, 0.3) is 0 Å². The molecular weight excluding hydrogens is 330 g/mol. The van der Waals surface area contributed by atoms with Gasteiger partial charge >= 0.3 is 5.97 Å². The first-order valence-corrected chi connectivity index (χ1v) is 9.64. The van der Waals surface area contributed by atoms with E-state index in [1.807, 2.05) is 12.1 Å². The number of carbonyl (C=O) groups excluding carboxylic acids is 2. The SMILES string of the molecule is COc1ccccc1NC(=O)[C@@H](C)OC(=O)C12CC3CC(CC(C3)C1)C2. The summed E-state index contributed by atoms with van der Waals surface area (Å²) in [7, 11) is 1.56. The van der Waals surface area contributed by atoms with Crippen molar-refractivity contribution in [3.8, 4) is 5.75 Å². The molecule has 4 aliphatic rings. The van der Waals surface area contributed by atoms with Crippen LogP contribution in [0.1, 0.15) is 45.4 Å². The van der Waals surface area contributed by atoms with Crippen molar-refractivity contribution in [2.75, 3.05) is 12.4 Å². The zero-order chi connectivity index (χ0) is 18.3. The van der Waals surface area contributed by atoms with Gasteiger partial charge in [0, 0.05) is 0 Å². The summed E-state index contributed by atoms with van der Waals surface area (Å²) in [6.07, 6.45) is 5.83. The lowest BCUT2D eigenvalue weighted by molar-refractivity contribution is -0.177. The molecule has 140 valence electrons. The van der Waals surface area contributed by atoms with Gasteiger partial charge in [0.15, 0.2) is 6.10 Å². The maximum absolute atomic E-state index is 13.0. The summed E-state index contributed by atoms with van der Waals surface area (Å²) in [5.74, 6) is 2.11. The number of amides is 1. The van der Waals surface area contributed by atoms with E-state index in [9.17, 15) is 9.59 Å². The van der Waals surface area contributed by atoms with Gasteiger partial charge in [-0.25, -0.2) is 0 Å². The maximum atomic E-state index is 13.0. The molecule has 4 fully saturated rings. The van der Waals surface area contributed by atoms with E-state index < -0.39 is 6.10 Å². The van der Waals surface area contributed by atoms with Crippen LogP contribution in [-0.4, -0.2) is 25.1 Å². The molecule has 1 aromatic rings. The minimum absolute atomic E-state index is 0.167. The standard InChI is InChI=1S/C21H27NO4/c1-13(19(23)22-17-5-3-4-6-18(17)25-2)26-20(24)21-10-14-7-15(11-21)9-16(8-14)12-21/h3-6,13-16H,7-12H2,1-2H3,(H,22,23)/t13-,14?,15?,16?,21?/m1/s1. The largest absolute Gasteiger partial charge is 0.495 e. The van der Waals surface area contributed by atoms with Crippen LogP contribution in [-0.2, 0) is 14.3 Å². The van der Waals surface area contributed by atoms with Crippen LogP contribution in [0.3, 0.4) is 0 Å². The highest BCUT2D eigenvalue weighted by Crippen LogP contribution is 2.60. The average Bonchev–Trinajstić information content (AvgIpc) is 2.61. The number of ether oxygens (including phenoxy) is 2. The van der Waals surface area contributed by atoms with E-state index in [0.29, 0.717) is 29.2 Å². The quantitative estimate of drug-likeness (QED) is 0.815. The van der Waals surface area contributed by atoms with Crippen LogP contribution in [0.15, 0.2) is 24.3 Å². The molecule has 0 radical (unpaired) electrons. The highest BCUT2D eigenvalue weighted by Gasteiger charge is 2.55. The molecule has 0 saturated heterocycles. The van der Waals surface area contributed by atoms with E-state index in [1.54, 1.807) is 26.2 Å². The Hall–Kier alpha value is -2.04. The molecule has 0 aliphatic heterocycles. The fourth-order valence-corrected chi connectivity index (χ4v) is 5.68. The van der Waals surface area contributed by atoms with Crippen molar-refractivity contribution in [2.45, 2.75) is 51.6 Å². The number of esters is 1. The molecule has 1 atom stereocenters. The van der Waals surface area contributed by atoms with E-state index in [1.165, 1.54) is 19.3 Å². The minimum atomic E-state index is -0.819. The number of benzene rings is 1. The van der Waals surface area contributed by atoms with E-state index in [0.717, 1.165) is 19.3 Å². The van der Waals surface area contributed by atoms with Crippen LogP contribution in [0.2, 0.25) is 0 Å². The van der Waals surface area contributed by atoms with Crippen LogP contribution >= 0.6 is 0 Å². The molecule has 5 rings (SSSR count). The zero-order valence-corrected chi connectivity index (χ0v) is 15.5. The molecule has 5 nitrogen and oxygen atoms in total. The van der Waals surface area contributed by atoms with E-state index in [2.05, 4.69) is 5.32 Å². The molecule has 0 spiro atoms. The van der Waals surface area contributed by atoms with Gasteiger partial charge in [-0.3, -0.25) is 9.59 Å². The number of anilines is 1. The second-order valence-electron chi connectivity index (χ2n) is 8.43. The van der Waals surface area contributed by atoms with Crippen molar-refractivity contribution in [1.82, 2.24) is 0 Å². The van der Waals surface area contributed by atoms with Crippen LogP contribution in [0.4, 0.5) is 5.69 Å². The van der Waals surface area contributed by atoms with Crippen LogP contribution in [0, 0.1) is 23.2 Å². The molecule has 0 aromatic heterocycles. The fourth-order valence-electron chi connectivity index (χ4n) is 5.68. The molecule has 0 heterocycles. The highest BCUT2D eigenvalue weighted by molar-refractivity contribution is 5.96. The van der Waals surface area contributed by atoms with Crippen molar-refractivity contribution in [1.29, 1.82) is 0 Å². The van der Waals surface area contributed by atoms with Gasteiger partial charge in [-0.1, -0.05) is 12.1 Å². The average molecular weight is 357 g/mol. The van der Waals surface area contributed by atoms with Gasteiger partial charge in [-0.05, 0) is 75.3 Å². The molecular formula is C21H27NO4. The molecule has 4 saturated carbocycles. The van der Waals surface area contributed by atoms with E-state index >= 15 is 0 Å². The van der Waals surface area contributed by atoms with Crippen molar-refractivity contribution in [3.63, 3.8) is 0 Å². The third-order valence-corrected chi connectivity index (χ3v) is 6.49. The lowest BCUT2D eigenvalue weighted by Gasteiger charge is -2.55. The molecule has 1 aromatic carbocycles. The van der Waals surface area contributed by atoms with Crippen molar-refractivity contribution >= 4 is 17.6 Å². The second kappa shape index (κ2) is 6.60. The summed E-state index contributed by atoms with van der Waals surface area (Å²) in [5.41, 5.74) is 0.242. The summed E-state index contributed by atoms with van der Waals surface area (Å²) in [5, 5.41) is 2.80. The molecule has 4 bridgehead atoms. The van der Waals surface area contributed by atoms with Gasteiger partial charge in [0.2, 0.25) is 0 Å². The molecule has 1 amide bonds. The number of para-hydroxylation sites is 2. The summed E-state index contributed by atoms with van der Waals surface area (Å²) in [6.45, 7) is 1.64. The Morgan fingerprint density at radius 1 is 1.08 bits per heavy atom. The van der Waals surface area contributed by atoms with Gasteiger partial charge in [-0.15, -0.1) is 0 Å². The highest BCUT2D eigenvalue weighted by atomic mass is 16.5. The summed E-state index contributed by atoms with van der Waals surface area (Å²) in [6, 6.07) is 7.21. The first kappa shape index (κ1) is 17.4. The third kappa shape index (κ3) is 3.08. The molecule has 0 unspecified atom stereocenters. The topological polar surface area (TPSA) is 64.6 Å². The third-order valence-electron chi connectivity index (χ3n) is 6.49. The lowest BCUT2D eigenvalue weighted by atomic mass is 9.49. The molecule has 26 heavy (non-hydrogen) atoms. The Balaban J connectivity index is 1.40. The number of rotatable bonds is 5. The van der Waals surface area contributed by atoms with Crippen molar-refractivity contribution in [3.05, 3.63) is 24.3 Å². The Kier molecular flexibility index (Phi) is 4.41. The first-order chi connectivity index (χ1) is 12.5. The lowest BCUT2D eigenvalue weighted by Crippen LogP contribution is -2.51. The van der Waals surface area contributed by atoms with Gasteiger partial charge < -0.3 is 14.8 Å². The summed E-state index contributed by atoms with van der Waals surface area (Å²) >= 11 is 0. The Bertz CT molecular complexity index is 678. The van der Waals surface area contributed by atoms with E-state index in [4.69, 9.17) is 9.47 Å². The van der Waals surface area contributed by atoms with Crippen LogP contribution in [0.5, 0.6) is 5.75 Å². The second-order valence-corrected chi connectivity index (χ2v) is 8.43. The van der Waals surface area contributed by atoms with Crippen molar-refractivity contribution in [2.24, 2.45) is 23.2 Å². The number of hydrogen-bond acceptors (Lipinski definition) is 4. The smallest absolute Gasteiger partial charge is 0.312 e. The van der Waals surface area contributed by atoms with Gasteiger partial charge in [0.25, 0.3) is 5.91 Å². The number of carbonyl (C=O) groups is 2. The predicted molar refractivity (Wildman–Crippen MR) is 97.8 cm³/mol. The first-order valence-electron chi connectivity index (χ1n) is 9.64. The minimum Gasteiger partial charge on any atom is -0.495 e. The van der Waals surface area contributed by atoms with Gasteiger partial charge in [0.1, 0.15) is 5.75 Å².